The lowest BCUT2D eigenvalue weighted by molar-refractivity contribution is -0.344. The van der Waals surface area contributed by atoms with Crippen molar-refractivity contribution in [2.24, 2.45) is 16.7 Å². The molecule has 3 aliphatic carbocycles. The Balaban J connectivity index is 1.49. The molecule has 0 aromatic heterocycles. The average Bonchev–Trinajstić information content (AvgIpc) is 3.45. The second-order valence-corrected chi connectivity index (χ2v) is 31.5. The lowest BCUT2D eigenvalue weighted by Crippen LogP contribution is -2.82. The van der Waals surface area contributed by atoms with E-state index in [2.05, 4.69) is 26.1 Å². The van der Waals surface area contributed by atoms with Crippen molar-refractivity contribution < 1.29 is 66.4 Å². The van der Waals surface area contributed by atoms with E-state index in [0.717, 1.165) is 0 Å². The van der Waals surface area contributed by atoms with Crippen molar-refractivity contribution in [3.8, 4) is 0 Å². The number of rotatable bonds is 20. The van der Waals surface area contributed by atoms with Crippen LogP contribution in [0, 0.1) is 16.7 Å². The van der Waals surface area contributed by atoms with Gasteiger partial charge in [0.15, 0.2) is 40.2 Å². The summed E-state index contributed by atoms with van der Waals surface area (Å²) in [5.41, 5.74) is -5.92. The number of benzene rings is 3. The van der Waals surface area contributed by atoms with E-state index < -0.39 is 129 Å². The smallest absolute Gasteiger partial charge is 0.338 e. The molecule has 1 amide bonds. The SMILES string of the molecule is CC[Si](CC)(CC)O[C@H]1C[C@H]2OC[C@@]2(OC(C)=O)[C@H]2[C@H](OC(=O)c3ccccc3)[C@]3(O)C[C@H](OC(=O)[C@H](O[Si](CC)(CC)CC)[C@@H](NC(=O)c4ccccc4)c4ccccc4)C(C)=C(C(OC(C)=O)C(=O)[C@]12C)C3(C)C. The molecule has 3 aromatic rings. The maximum absolute atomic E-state index is 16.6. The number of amides is 1. The van der Waals surface area contributed by atoms with Gasteiger partial charge in [0.2, 0.25) is 0 Å². The van der Waals surface area contributed by atoms with E-state index in [1.54, 1.807) is 113 Å². The lowest BCUT2D eigenvalue weighted by atomic mass is 9.44. The predicted molar refractivity (Wildman–Crippen MR) is 290 cm³/mol. The van der Waals surface area contributed by atoms with Gasteiger partial charge in [0.05, 0.1) is 35.6 Å². The van der Waals surface area contributed by atoms with Gasteiger partial charge in [-0.2, -0.15) is 0 Å². The molecule has 2 saturated carbocycles. The molecule has 76 heavy (non-hydrogen) atoms. The van der Waals surface area contributed by atoms with Gasteiger partial charge in [0.1, 0.15) is 23.9 Å². The van der Waals surface area contributed by atoms with Gasteiger partial charge in [0.25, 0.3) is 5.91 Å². The van der Waals surface area contributed by atoms with Crippen molar-refractivity contribution in [1.29, 1.82) is 0 Å². The van der Waals surface area contributed by atoms with E-state index in [-0.39, 0.29) is 24.2 Å². The normalized spacial score (nSPS) is 28.7. The Labute approximate surface area is 450 Å². The van der Waals surface area contributed by atoms with Crippen molar-refractivity contribution in [2.75, 3.05) is 6.61 Å². The lowest BCUT2D eigenvalue weighted by Gasteiger charge is -2.68. The van der Waals surface area contributed by atoms with Gasteiger partial charge in [-0.1, -0.05) is 122 Å². The summed E-state index contributed by atoms with van der Waals surface area (Å²) in [6.45, 7) is 21.2. The highest BCUT2D eigenvalue weighted by Crippen LogP contribution is 2.65. The first kappa shape index (κ1) is 58.4. The molecule has 2 bridgehead atoms. The predicted octanol–water partition coefficient (Wildman–Crippen LogP) is 9.79. The van der Waals surface area contributed by atoms with E-state index in [9.17, 15) is 24.3 Å². The highest BCUT2D eigenvalue weighted by atomic mass is 28.4. The van der Waals surface area contributed by atoms with Gasteiger partial charge in [-0.15, -0.1) is 0 Å². The first-order valence-corrected chi connectivity index (χ1v) is 32.3. The fraction of sp³-hybridized carbons (Fsp3) is 0.559. The fourth-order valence-corrected chi connectivity index (χ4v) is 18.7. The number of nitrogens with one attached hydrogen (secondary N) is 1. The third-order valence-corrected chi connectivity index (χ3v) is 27.3. The van der Waals surface area contributed by atoms with Gasteiger partial charge >= 0.3 is 23.9 Å². The molecule has 412 valence electrons. The maximum Gasteiger partial charge on any atom is 0.338 e. The van der Waals surface area contributed by atoms with Crippen LogP contribution in [0.5, 0.6) is 0 Å². The van der Waals surface area contributed by atoms with E-state index in [0.29, 0.717) is 53.0 Å². The van der Waals surface area contributed by atoms with Crippen molar-refractivity contribution >= 4 is 52.2 Å². The van der Waals surface area contributed by atoms with Crippen molar-refractivity contribution in [1.82, 2.24) is 5.32 Å². The molecule has 1 saturated heterocycles. The highest BCUT2D eigenvalue weighted by molar-refractivity contribution is 6.74. The molecular weight excluding hydrogens is 1000 g/mol. The molecule has 1 aliphatic heterocycles. The monoisotopic (exact) mass is 1080 g/mol. The molecule has 15 nitrogen and oxygen atoms in total. The second kappa shape index (κ2) is 23.0. The molecule has 7 rings (SSSR count). The van der Waals surface area contributed by atoms with Crippen LogP contribution in [0.4, 0.5) is 0 Å². The number of carbonyl (C=O) groups is 6. The quantitative estimate of drug-likeness (QED) is 0.0469. The summed E-state index contributed by atoms with van der Waals surface area (Å²) in [5, 5.41) is 17.5. The third kappa shape index (κ3) is 10.4. The Kier molecular flexibility index (Phi) is 17.6. The molecular formula is C59H79NO14Si2. The Hall–Kier alpha value is -5.31. The Bertz CT molecular complexity index is 2620. The minimum Gasteiger partial charge on any atom is -0.456 e. The first-order valence-electron chi connectivity index (χ1n) is 27.2. The molecule has 1 unspecified atom stereocenters. The van der Waals surface area contributed by atoms with Gasteiger partial charge < -0.3 is 43.0 Å². The number of hydrogen-bond donors (Lipinski definition) is 2. The number of esters is 4. The molecule has 3 aromatic carbocycles. The summed E-state index contributed by atoms with van der Waals surface area (Å²) in [4.78, 5) is 88.6. The standard InChI is InChI=1S/C59H79NO14Si2/c1-13-75(14-2,15-3)73-44-34-45-58(36-68-45,72-39(9)62)50-52(71-54(65)42-32-26-21-27-33-42)59(67)35-43(37(7)46(56(59,10)11)48(69-38(8)61)51(63)57(44,50)12)70-55(66)49(74-76(16-4,17-5)18-6)47(40-28-22-19-23-29-40)60-53(64)41-30-24-20-25-31-41/h19-33,43-45,47-50,52,67H,13-18,34-36H2,1-12H3,(H,60,64)/t43-,44-,45+,47-,48?,49+,50-,52-,57+,58-,59+/m0/s1. The van der Waals surface area contributed by atoms with E-state index >= 15 is 9.59 Å². The zero-order valence-corrected chi connectivity index (χ0v) is 48.4. The Morgan fingerprint density at radius 2 is 1.28 bits per heavy atom. The number of Topliss-reactive ketones (excluding diaryl/α,β-unsaturated/α-hetero) is 1. The van der Waals surface area contributed by atoms with Gasteiger partial charge in [-0.05, 0) is 91.1 Å². The maximum atomic E-state index is 16.6. The zero-order valence-electron chi connectivity index (χ0n) is 46.4. The van der Waals surface area contributed by atoms with Crippen LogP contribution in [0.1, 0.15) is 128 Å². The van der Waals surface area contributed by atoms with E-state index in [1.165, 1.54) is 13.8 Å². The Morgan fingerprint density at radius 1 is 0.737 bits per heavy atom. The summed E-state index contributed by atoms with van der Waals surface area (Å²) in [6.07, 6.45) is -8.46. The minimum absolute atomic E-state index is 0.0931. The summed E-state index contributed by atoms with van der Waals surface area (Å²) in [7, 11) is -5.40. The highest BCUT2D eigenvalue weighted by Gasteiger charge is 2.79. The molecule has 17 heteroatoms. The fourth-order valence-electron chi connectivity index (χ4n) is 13.0. The van der Waals surface area contributed by atoms with Crippen molar-refractivity contribution in [3.05, 3.63) is 119 Å². The third-order valence-electron chi connectivity index (χ3n) is 18.1. The summed E-state index contributed by atoms with van der Waals surface area (Å²) in [5.74, 6) is -5.70. The molecule has 11 atom stereocenters. The summed E-state index contributed by atoms with van der Waals surface area (Å²) >= 11 is 0. The second-order valence-electron chi connectivity index (χ2n) is 22.0. The number of ketones is 1. The van der Waals surface area contributed by atoms with Gasteiger partial charge in [0, 0.05) is 37.7 Å². The average molecular weight is 1080 g/mol. The van der Waals surface area contributed by atoms with Crippen LogP contribution in [-0.4, -0.2) is 112 Å². The molecule has 0 radical (unpaired) electrons. The van der Waals surface area contributed by atoms with E-state index in [1.807, 2.05) is 26.8 Å². The van der Waals surface area contributed by atoms with Crippen LogP contribution in [0.2, 0.25) is 36.3 Å². The summed E-state index contributed by atoms with van der Waals surface area (Å²) < 4.78 is 47.1. The largest absolute Gasteiger partial charge is 0.456 e. The van der Waals surface area contributed by atoms with Crippen molar-refractivity contribution in [3.63, 3.8) is 0 Å². The van der Waals surface area contributed by atoms with Crippen LogP contribution in [0.3, 0.4) is 0 Å². The van der Waals surface area contributed by atoms with Crippen molar-refractivity contribution in [2.45, 2.75) is 186 Å². The van der Waals surface area contributed by atoms with Gasteiger partial charge in [-0.25, -0.2) is 9.59 Å². The molecule has 1 heterocycles. The van der Waals surface area contributed by atoms with E-state index in [4.69, 9.17) is 32.5 Å². The molecule has 4 aliphatic rings. The minimum atomic E-state index is -2.75. The number of aliphatic hydroxyl groups is 1. The number of hydrogen-bond acceptors (Lipinski definition) is 14. The number of carbonyl (C=O) groups excluding carboxylic acids is 6. The van der Waals surface area contributed by atoms with Crippen LogP contribution < -0.4 is 5.32 Å². The first-order chi connectivity index (χ1) is 36.0. The molecule has 2 N–H and O–H groups in total. The summed E-state index contributed by atoms with van der Waals surface area (Å²) in [6, 6.07) is 28.8. The molecule has 0 spiro atoms. The Morgan fingerprint density at radius 3 is 1.78 bits per heavy atom. The number of ether oxygens (including phenoxy) is 5. The number of fused-ring (bicyclic) bond motifs is 5. The van der Waals surface area contributed by atoms with Crippen LogP contribution in [0.25, 0.3) is 0 Å². The van der Waals surface area contributed by atoms with Crippen LogP contribution >= 0.6 is 0 Å². The molecule has 3 fully saturated rings. The van der Waals surface area contributed by atoms with Crippen LogP contribution in [0.15, 0.2) is 102 Å². The van der Waals surface area contributed by atoms with Gasteiger partial charge in [-0.3, -0.25) is 19.2 Å². The topological polar surface area (TPSA) is 199 Å². The zero-order chi connectivity index (χ0) is 55.6. The van der Waals surface area contributed by atoms with Crippen LogP contribution in [-0.2, 0) is 51.7 Å².